The van der Waals surface area contributed by atoms with E-state index in [1.165, 1.54) is 51.4 Å². The first kappa shape index (κ1) is 20.3. The smallest absolute Gasteiger partial charge is 0.311 e. The van der Waals surface area contributed by atoms with E-state index in [9.17, 15) is 4.79 Å². The van der Waals surface area contributed by atoms with Gasteiger partial charge in [-0.15, -0.1) is 0 Å². The van der Waals surface area contributed by atoms with Crippen LogP contribution in [0.25, 0.3) is 0 Å². The van der Waals surface area contributed by atoms with Crippen LogP contribution in [0.3, 0.4) is 0 Å². The molecular formula is C23H38O2. The molecule has 0 bridgehead atoms. The van der Waals surface area contributed by atoms with Crippen molar-refractivity contribution in [1.82, 2.24) is 0 Å². The number of hydrogen-bond donors (Lipinski definition) is 0. The van der Waals surface area contributed by atoms with Crippen molar-refractivity contribution in [1.29, 1.82) is 0 Å². The van der Waals surface area contributed by atoms with Crippen LogP contribution in [-0.2, 0) is 9.53 Å². The average molecular weight is 347 g/mol. The van der Waals surface area contributed by atoms with Gasteiger partial charge in [-0.3, -0.25) is 4.79 Å². The lowest BCUT2D eigenvalue weighted by atomic mass is 9.68. The molecule has 0 heterocycles. The summed E-state index contributed by atoms with van der Waals surface area (Å²) in [5.74, 6) is 2.97. The van der Waals surface area contributed by atoms with E-state index < -0.39 is 5.41 Å². The fraction of sp³-hybridized carbons (Fsp3) is 0.783. The maximum atomic E-state index is 12.2. The average Bonchev–Trinajstić information content (AvgIpc) is 2.60. The van der Waals surface area contributed by atoms with Gasteiger partial charge in [0.2, 0.25) is 0 Å². The number of rotatable bonds is 5. The van der Waals surface area contributed by atoms with Gasteiger partial charge in [0, 0.05) is 0 Å². The zero-order valence-electron chi connectivity index (χ0n) is 16.8. The molecule has 0 aliphatic heterocycles. The highest BCUT2D eigenvalue weighted by molar-refractivity contribution is 5.75. The van der Waals surface area contributed by atoms with Crippen LogP contribution in [-0.4, -0.2) is 12.1 Å². The number of esters is 1. The first-order chi connectivity index (χ1) is 11.8. The molecule has 0 aromatic carbocycles. The third-order valence-electron chi connectivity index (χ3n) is 6.32. The van der Waals surface area contributed by atoms with E-state index in [1.807, 2.05) is 26.8 Å². The third-order valence-corrected chi connectivity index (χ3v) is 6.32. The Morgan fingerprint density at radius 1 is 1.00 bits per heavy atom. The fourth-order valence-electron chi connectivity index (χ4n) is 4.66. The Hall–Kier alpha value is -1.05. The van der Waals surface area contributed by atoms with E-state index in [0.29, 0.717) is 5.92 Å². The Bertz CT molecular complexity index is 455. The molecule has 0 aromatic rings. The molecule has 1 atom stereocenters. The fourth-order valence-corrected chi connectivity index (χ4v) is 4.66. The summed E-state index contributed by atoms with van der Waals surface area (Å²) in [4.78, 5) is 12.2. The van der Waals surface area contributed by atoms with Crippen LogP contribution in [0, 0.1) is 29.1 Å². The second-order valence-corrected chi connectivity index (χ2v) is 9.23. The van der Waals surface area contributed by atoms with E-state index in [4.69, 9.17) is 4.74 Å². The molecule has 142 valence electrons. The zero-order chi connectivity index (χ0) is 18.4. The second kappa shape index (κ2) is 9.05. The molecule has 0 amide bonds. The first-order valence-electron chi connectivity index (χ1n) is 10.3. The van der Waals surface area contributed by atoms with Gasteiger partial charge < -0.3 is 4.74 Å². The molecule has 0 aromatic heterocycles. The topological polar surface area (TPSA) is 26.3 Å². The van der Waals surface area contributed by atoms with Gasteiger partial charge in [-0.05, 0) is 103 Å². The summed E-state index contributed by atoms with van der Waals surface area (Å²) in [5, 5.41) is 0. The van der Waals surface area contributed by atoms with Gasteiger partial charge in [-0.1, -0.05) is 24.8 Å². The third kappa shape index (κ3) is 5.72. The van der Waals surface area contributed by atoms with Crippen molar-refractivity contribution in [3.63, 3.8) is 0 Å². The van der Waals surface area contributed by atoms with E-state index in [2.05, 4.69) is 25.7 Å². The maximum absolute atomic E-state index is 12.2. The Morgan fingerprint density at radius 3 is 1.96 bits per heavy atom. The van der Waals surface area contributed by atoms with Crippen molar-refractivity contribution in [3.8, 4) is 0 Å². The molecule has 25 heavy (non-hydrogen) atoms. The lowest BCUT2D eigenvalue weighted by Crippen LogP contribution is -2.34. The zero-order valence-corrected chi connectivity index (χ0v) is 16.8. The van der Waals surface area contributed by atoms with Gasteiger partial charge in [0.1, 0.15) is 6.10 Å². The molecule has 0 saturated heterocycles. The Labute approximate surface area is 155 Å². The minimum atomic E-state index is -0.440. The van der Waals surface area contributed by atoms with Gasteiger partial charge in [0.25, 0.3) is 0 Å². The lowest BCUT2D eigenvalue weighted by molar-refractivity contribution is -0.159. The summed E-state index contributed by atoms with van der Waals surface area (Å²) < 4.78 is 5.76. The van der Waals surface area contributed by atoms with E-state index in [1.54, 1.807) is 0 Å². The van der Waals surface area contributed by atoms with Crippen molar-refractivity contribution in [3.05, 3.63) is 24.8 Å². The van der Waals surface area contributed by atoms with Crippen molar-refractivity contribution in [2.75, 3.05) is 0 Å². The van der Waals surface area contributed by atoms with Gasteiger partial charge in [-0.2, -0.15) is 0 Å². The van der Waals surface area contributed by atoms with Gasteiger partial charge in [-0.25, -0.2) is 0 Å². The summed E-state index contributed by atoms with van der Waals surface area (Å²) in [6.45, 7) is 11.8. The number of carbonyl (C=O) groups is 1. The monoisotopic (exact) mass is 346 g/mol. The molecule has 2 aliphatic carbocycles. The SMILES string of the molecule is C=CC(OC(=O)C(C)(C)C)C1CCC([C@H]2CC[C@H](/C=C/C)CC2)CC1. The predicted octanol–water partition coefficient (Wildman–Crippen LogP) is 6.32. The molecule has 2 saturated carbocycles. The number of carbonyl (C=O) groups excluding carboxylic acids is 1. The minimum absolute atomic E-state index is 0.109. The molecule has 2 aliphatic rings. The quantitative estimate of drug-likeness (QED) is 0.430. The second-order valence-electron chi connectivity index (χ2n) is 9.23. The largest absolute Gasteiger partial charge is 0.457 e. The molecule has 0 N–H and O–H groups in total. The number of allylic oxidation sites excluding steroid dienone is 2. The molecule has 2 nitrogen and oxygen atoms in total. The molecule has 1 unspecified atom stereocenters. The summed E-state index contributed by atoms with van der Waals surface area (Å²) in [6.07, 6.45) is 16.8. The highest BCUT2D eigenvalue weighted by Crippen LogP contribution is 2.42. The van der Waals surface area contributed by atoms with Crippen LogP contribution < -0.4 is 0 Å². The Balaban J connectivity index is 1.80. The van der Waals surface area contributed by atoms with Crippen LogP contribution in [0.4, 0.5) is 0 Å². The molecule has 0 radical (unpaired) electrons. The summed E-state index contributed by atoms with van der Waals surface area (Å²) >= 11 is 0. The highest BCUT2D eigenvalue weighted by atomic mass is 16.5. The van der Waals surface area contributed by atoms with Crippen LogP contribution in [0.2, 0.25) is 0 Å². The van der Waals surface area contributed by atoms with E-state index >= 15 is 0 Å². The van der Waals surface area contributed by atoms with Crippen molar-refractivity contribution < 1.29 is 9.53 Å². The maximum Gasteiger partial charge on any atom is 0.311 e. The van der Waals surface area contributed by atoms with Crippen molar-refractivity contribution >= 4 is 5.97 Å². The Morgan fingerprint density at radius 2 is 1.52 bits per heavy atom. The van der Waals surface area contributed by atoms with E-state index in [0.717, 1.165) is 17.8 Å². The Kier molecular flexibility index (Phi) is 7.34. The van der Waals surface area contributed by atoms with Crippen molar-refractivity contribution in [2.45, 2.75) is 85.2 Å². The standard InChI is InChI=1S/C23H38O2/c1-6-8-17-9-11-18(12-10-17)19-13-15-20(16-14-19)21(7-2)25-22(24)23(3,4)5/h6-8,17-21H,2,9-16H2,1,3-5H3/b8-6+/t17-,18-,19?,20?,21?. The predicted molar refractivity (Wildman–Crippen MR) is 105 cm³/mol. The summed E-state index contributed by atoms with van der Waals surface area (Å²) in [7, 11) is 0. The normalized spacial score (nSPS) is 32.3. The molecular weight excluding hydrogens is 308 g/mol. The van der Waals surface area contributed by atoms with Crippen LogP contribution in [0.15, 0.2) is 24.8 Å². The highest BCUT2D eigenvalue weighted by Gasteiger charge is 2.34. The lowest BCUT2D eigenvalue weighted by Gasteiger charge is -2.39. The molecule has 2 rings (SSSR count). The van der Waals surface area contributed by atoms with Gasteiger partial charge >= 0.3 is 5.97 Å². The molecule has 0 spiro atoms. The first-order valence-corrected chi connectivity index (χ1v) is 10.3. The van der Waals surface area contributed by atoms with Crippen LogP contribution >= 0.6 is 0 Å². The van der Waals surface area contributed by atoms with E-state index in [-0.39, 0.29) is 12.1 Å². The van der Waals surface area contributed by atoms with Gasteiger partial charge in [0.15, 0.2) is 0 Å². The summed E-state index contributed by atoms with van der Waals surface area (Å²) in [6, 6.07) is 0. The molecule has 2 fully saturated rings. The van der Waals surface area contributed by atoms with Crippen LogP contribution in [0.5, 0.6) is 0 Å². The number of ether oxygens (including phenoxy) is 1. The minimum Gasteiger partial charge on any atom is -0.457 e. The molecule has 2 heteroatoms. The van der Waals surface area contributed by atoms with Crippen LogP contribution in [0.1, 0.15) is 79.1 Å². The number of hydrogen-bond acceptors (Lipinski definition) is 2. The van der Waals surface area contributed by atoms with Gasteiger partial charge in [0.05, 0.1) is 5.41 Å². The summed E-state index contributed by atoms with van der Waals surface area (Å²) in [5.41, 5.74) is -0.440. The van der Waals surface area contributed by atoms with Crippen molar-refractivity contribution in [2.24, 2.45) is 29.1 Å².